The molecule has 0 aromatic carbocycles. The maximum absolute atomic E-state index is 5.43. The van der Waals surface area contributed by atoms with E-state index < -0.39 is 0 Å². The number of hydrogen-bond donors (Lipinski definition) is 0. The van der Waals surface area contributed by atoms with Crippen LogP contribution >= 0.6 is 27.7 Å². The van der Waals surface area contributed by atoms with Gasteiger partial charge in [-0.1, -0.05) is 0 Å². The molecule has 0 aliphatic heterocycles. The third-order valence-electron chi connectivity index (χ3n) is 1.51. The fourth-order valence-electron chi connectivity index (χ4n) is 0.836. The molecular weight excluding hydrogens is 250 g/mol. The second-order valence-electron chi connectivity index (χ2n) is 2.48. The number of hydrogen-bond acceptors (Lipinski definition) is 3. The fraction of sp³-hybridized carbons (Fsp3) is 0.444. The molecule has 0 radical (unpaired) electrons. The Morgan fingerprint density at radius 1 is 1.62 bits per heavy atom. The van der Waals surface area contributed by atoms with Crippen LogP contribution in [0.5, 0.6) is 0 Å². The van der Waals surface area contributed by atoms with Gasteiger partial charge in [0.1, 0.15) is 0 Å². The summed E-state index contributed by atoms with van der Waals surface area (Å²) in [5.41, 5.74) is 0.962. The number of halogens is 1. The largest absolute Gasteiger partial charge is 0.374 e. The van der Waals surface area contributed by atoms with Gasteiger partial charge in [0.05, 0.1) is 18.9 Å². The molecule has 1 rings (SSSR count). The lowest BCUT2D eigenvalue weighted by molar-refractivity contribution is 0.133. The van der Waals surface area contributed by atoms with E-state index in [-0.39, 0.29) is 0 Å². The van der Waals surface area contributed by atoms with Crippen molar-refractivity contribution in [3.05, 3.63) is 28.5 Å². The van der Waals surface area contributed by atoms with E-state index in [1.165, 1.54) is 0 Å². The lowest BCUT2D eigenvalue weighted by Gasteiger charge is -2.03. The van der Waals surface area contributed by atoms with Gasteiger partial charge in [0, 0.05) is 16.4 Å². The molecule has 0 saturated heterocycles. The molecule has 0 spiro atoms. The summed E-state index contributed by atoms with van der Waals surface area (Å²) in [7, 11) is 0. The van der Waals surface area contributed by atoms with E-state index in [0.29, 0.717) is 6.61 Å². The SMILES string of the molecule is CSCCOCc1ncccc1Br. The molecule has 0 amide bonds. The summed E-state index contributed by atoms with van der Waals surface area (Å²) >= 11 is 5.20. The second-order valence-corrected chi connectivity index (χ2v) is 4.32. The molecule has 2 nitrogen and oxygen atoms in total. The minimum Gasteiger partial charge on any atom is -0.374 e. The number of ether oxygens (including phenoxy) is 1. The van der Waals surface area contributed by atoms with Crippen molar-refractivity contribution in [2.75, 3.05) is 18.6 Å². The van der Waals surface area contributed by atoms with Crippen molar-refractivity contribution in [2.24, 2.45) is 0 Å². The predicted molar refractivity (Wildman–Crippen MR) is 60.0 cm³/mol. The van der Waals surface area contributed by atoms with Gasteiger partial charge in [-0.25, -0.2) is 0 Å². The highest BCUT2D eigenvalue weighted by atomic mass is 79.9. The molecular formula is C9H12BrNOS. The van der Waals surface area contributed by atoms with E-state index in [0.717, 1.165) is 22.5 Å². The molecule has 0 aliphatic carbocycles. The molecule has 0 unspecified atom stereocenters. The van der Waals surface area contributed by atoms with Gasteiger partial charge < -0.3 is 4.74 Å². The van der Waals surface area contributed by atoms with Crippen molar-refractivity contribution < 1.29 is 4.74 Å². The molecule has 72 valence electrons. The van der Waals surface area contributed by atoms with Crippen LogP contribution in [0.4, 0.5) is 0 Å². The molecule has 1 aromatic heterocycles. The first-order chi connectivity index (χ1) is 6.34. The zero-order chi connectivity index (χ0) is 9.52. The Hall–Kier alpha value is -0.0600. The Balaban J connectivity index is 2.32. The van der Waals surface area contributed by atoms with E-state index in [1.54, 1.807) is 18.0 Å². The minimum atomic E-state index is 0.585. The van der Waals surface area contributed by atoms with E-state index in [1.807, 2.05) is 12.1 Å². The van der Waals surface area contributed by atoms with Gasteiger partial charge >= 0.3 is 0 Å². The van der Waals surface area contributed by atoms with Gasteiger partial charge in [0.25, 0.3) is 0 Å². The smallest absolute Gasteiger partial charge is 0.0899 e. The Bertz CT molecular complexity index is 257. The van der Waals surface area contributed by atoms with Crippen LogP contribution < -0.4 is 0 Å². The lowest BCUT2D eigenvalue weighted by atomic mass is 10.4. The maximum atomic E-state index is 5.43. The summed E-state index contributed by atoms with van der Waals surface area (Å²) < 4.78 is 6.44. The normalized spacial score (nSPS) is 10.3. The van der Waals surface area contributed by atoms with Crippen molar-refractivity contribution in [2.45, 2.75) is 6.61 Å². The molecule has 0 saturated carbocycles. The predicted octanol–water partition coefficient (Wildman–Crippen LogP) is 2.72. The lowest BCUT2D eigenvalue weighted by Crippen LogP contribution is -1.99. The Morgan fingerprint density at radius 2 is 2.46 bits per heavy atom. The standard InChI is InChI=1S/C9H12BrNOS/c1-13-6-5-12-7-9-8(10)3-2-4-11-9/h2-4H,5-7H2,1H3. The topological polar surface area (TPSA) is 22.1 Å². The van der Waals surface area contributed by atoms with Gasteiger partial charge in [-0.15, -0.1) is 0 Å². The van der Waals surface area contributed by atoms with E-state index in [9.17, 15) is 0 Å². The highest BCUT2D eigenvalue weighted by Gasteiger charge is 1.98. The zero-order valence-corrected chi connectivity index (χ0v) is 9.90. The Kier molecular flexibility index (Phi) is 5.43. The molecule has 0 atom stereocenters. The van der Waals surface area contributed by atoms with Gasteiger partial charge in [-0.05, 0) is 34.3 Å². The minimum absolute atomic E-state index is 0.585. The van der Waals surface area contributed by atoms with Crippen LogP contribution in [0.1, 0.15) is 5.69 Å². The van der Waals surface area contributed by atoms with Crippen LogP contribution in [0.2, 0.25) is 0 Å². The zero-order valence-electron chi connectivity index (χ0n) is 7.50. The first-order valence-corrected chi connectivity index (χ1v) is 6.19. The van der Waals surface area contributed by atoms with Crippen LogP contribution in [-0.4, -0.2) is 23.6 Å². The molecule has 1 aromatic rings. The fourth-order valence-corrected chi connectivity index (χ4v) is 1.49. The highest BCUT2D eigenvalue weighted by Crippen LogP contribution is 2.13. The van der Waals surface area contributed by atoms with Gasteiger partial charge in [-0.2, -0.15) is 11.8 Å². The molecule has 13 heavy (non-hydrogen) atoms. The Morgan fingerprint density at radius 3 is 3.15 bits per heavy atom. The van der Waals surface area contributed by atoms with Crippen molar-refractivity contribution in [3.8, 4) is 0 Å². The van der Waals surface area contributed by atoms with E-state index in [2.05, 4.69) is 27.2 Å². The average Bonchev–Trinajstić information content (AvgIpc) is 2.15. The van der Waals surface area contributed by atoms with Crippen LogP contribution in [0.15, 0.2) is 22.8 Å². The summed E-state index contributed by atoms with van der Waals surface area (Å²) in [6.45, 7) is 1.37. The molecule has 0 N–H and O–H groups in total. The van der Waals surface area contributed by atoms with Crippen LogP contribution in [0.25, 0.3) is 0 Å². The van der Waals surface area contributed by atoms with Gasteiger partial charge in [0.2, 0.25) is 0 Å². The third kappa shape index (κ3) is 4.11. The van der Waals surface area contributed by atoms with Crippen molar-refractivity contribution in [1.29, 1.82) is 0 Å². The first-order valence-electron chi connectivity index (χ1n) is 4.00. The monoisotopic (exact) mass is 261 g/mol. The van der Waals surface area contributed by atoms with Crippen LogP contribution in [0, 0.1) is 0 Å². The molecule has 4 heteroatoms. The quantitative estimate of drug-likeness (QED) is 0.762. The van der Waals surface area contributed by atoms with Crippen molar-refractivity contribution in [3.63, 3.8) is 0 Å². The number of nitrogens with zero attached hydrogens (tertiary/aromatic N) is 1. The van der Waals surface area contributed by atoms with Crippen molar-refractivity contribution >= 4 is 27.7 Å². The van der Waals surface area contributed by atoms with Crippen LogP contribution in [0.3, 0.4) is 0 Å². The summed E-state index contributed by atoms with van der Waals surface area (Å²) in [6.07, 6.45) is 3.85. The Labute approximate surface area is 91.2 Å². The summed E-state index contributed by atoms with van der Waals surface area (Å²) in [6, 6.07) is 3.87. The molecule has 1 heterocycles. The molecule has 0 aliphatic rings. The summed E-state index contributed by atoms with van der Waals surface area (Å²) in [5, 5.41) is 0. The maximum Gasteiger partial charge on any atom is 0.0899 e. The number of aromatic nitrogens is 1. The molecule has 0 bridgehead atoms. The van der Waals surface area contributed by atoms with Crippen LogP contribution in [-0.2, 0) is 11.3 Å². The number of thioether (sulfide) groups is 1. The summed E-state index contributed by atoms with van der Waals surface area (Å²) in [4.78, 5) is 4.20. The third-order valence-corrected chi connectivity index (χ3v) is 2.80. The average molecular weight is 262 g/mol. The van der Waals surface area contributed by atoms with E-state index in [4.69, 9.17) is 4.74 Å². The van der Waals surface area contributed by atoms with Gasteiger partial charge in [0.15, 0.2) is 0 Å². The second kappa shape index (κ2) is 6.40. The summed E-state index contributed by atoms with van der Waals surface area (Å²) in [5.74, 6) is 1.03. The molecule has 0 fully saturated rings. The van der Waals surface area contributed by atoms with E-state index >= 15 is 0 Å². The van der Waals surface area contributed by atoms with Gasteiger partial charge in [-0.3, -0.25) is 4.98 Å². The van der Waals surface area contributed by atoms with Crippen molar-refractivity contribution in [1.82, 2.24) is 4.98 Å². The highest BCUT2D eigenvalue weighted by molar-refractivity contribution is 9.10. The number of rotatable bonds is 5. The first kappa shape index (κ1) is 11.0. The number of pyridine rings is 1.